The van der Waals surface area contributed by atoms with Crippen molar-refractivity contribution in [1.82, 2.24) is 4.90 Å². The maximum Gasteiger partial charge on any atom is 0.294 e. The van der Waals surface area contributed by atoms with Gasteiger partial charge in [0.25, 0.3) is 11.1 Å². The number of amides is 3. The monoisotopic (exact) mass is 590 g/mol. The Balaban J connectivity index is 1.32. The number of halogens is 2. The van der Waals surface area contributed by atoms with Crippen molar-refractivity contribution in [3.63, 3.8) is 0 Å². The van der Waals surface area contributed by atoms with Crippen molar-refractivity contribution in [3.05, 3.63) is 106 Å². The Hall–Kier alpha value is -4.34. The van der Waals surface area contributed by atoms with Gasteiger partial charge in [0.15, 0.2) is 11.5 Å². The van der Waals surface area contributed by atoms with Crippen LogP contribution in [-0.2, 0) is 16.2 Å². The number of benzene rings is 4. The predicted octanol–water partition coefficient (Wildman–Crippen LogP) is 7.29. The number of anilines is 1. The van der Waals surface area contributed by atoms with E-state index in [0.29, 0.717) is 35.4 Å². The summed E-state index contributed by atoms with van der Waals surface area (Å²) in [6.45, 7) is 1.93. The van der Waals surface area contributed by atoms with Crippen molar-refractivity contribution in [1.29, 1.82) is 0 Å². The van der Waals surface area contributed by atoms with Crippen LogP contribution in [-0.4, -0.2) is 35.1 Å². The number of ether oxygens (including phenoxy) is 2. The Morgan fingerprint density at radius 3 is 2.61 bits per heavy atom. The molecule has 3 amide bonds. The van der Waals surface area contributed by atoms with Crippen LogP contribution < -0.4 is 14.8 Å². The summed E-state index contributed by atoms with van der Waals surface area (Å²) in [5.74, 6) is -1.03. The molecular formula is C31H24ClFN2O5S. The molecule has 1 aliphatic rings. The fraction of sp³-hybridized carbons (Fsp3) is 0.129. The Kier molecular flexibility index (Phi) is 8.56. The lowest BCUT2D eigenvalue weighted by molar-refractivity contribution is -0.127. The number of imide groups is 1. The minimum absolute atomic E-state index is 0.122. The number of nitrogens with one attached hydrogen (secondary N) is 1. The molecular weight excluding hydrogens is 567 g/mol. The number of hydrogen-bond donors (Lipinski definition) is 1. The molecule has 1 aliphatic heterocycles. The van der Waals surface area contributed by atoms with Gasteiger partial charge in [-0.15, -0.1) is 0 Å². The normalized spacial score (nSPS) is 14.1. The largest absolute Gasteiger partial charge is 0.490 e. The molecule has 0 atom stereocenters. The van der Waals surface area contributed by atoms with E-state index in [9.17, 15) is 18.8 Å². The quantitative estimate of drug-likeness (QED) is 0.206. The van der Waals surface area contributed by atoms with E-state index in [-0.39, 0.29) is 22.2 Å². The van der Waals surface area contributed by atoms with E-state index in [2.05, 4.69) is 5.32 Å². The van der Waals surface area contributed by atoms with Gasteiger partial charge in [0.1, 0.15) is 19.0 Å². The van der Waals surface area contributed by atoms with Gasteiger partial charge in [0, 0.05) is 5.69 Å². The van der Waals surface area contributed by atoms with Crippen LogP contribution in [0.3, 0.4) is 0 Å². The third kappa shape index (κ3) is 6.53. The topological polar surface area (TPSA) is 84.9 Å². The van der Waals surface area contributed by atoms with Crippen LogP contribution in [0.2, 0.25) is 5.02 Å². The number of fused-ring (bicyclic) bond motifs is 1. The average molecular weight is 591 g/mol. The van der Waals surface area contributed by atoms with Crippen molar-refractivity contribution in [2.75, 3.05) is 18.5 Å². The molecule has 10 heteroatoms. The number of carbonyl (C=O) groups is 3. The van der Waals surface area contributed by atoms with E-state index in [1.807, 2.05) is 49.4 Å². The summed E-state index contributed by atoms with van der Waals surface area (Å²) in [5, 5.41) is 4.33. The third-order valence-corrected chi connectivity index (χ3v) is 7.35. The van der Waals surface area contributed by atoms with Gasteiger partial charge in [0.2, 0.25) is 5.91 Å². The summed E-state index contributed by atoms with van der Waals surface area (Å²) in [5.41, 5.74) is 1.73. The molecule has 0 saturated carbocycles. The highest BCUT2D eigenvalue weighted by molar-refractivity contribution is 8.18. The van der Waals surface area contributed by atoms with E-state index in [1.165, 1.54) is 24.3 Å². The lowest BCUT2D eigenvalue weighted by atomic mass is 10.1. The maximum atomic E-state index is 13.4. The fourth-order valence-electron chi connectivity index (χ4n) is 4.34. The van der Waals surface area contributed by atoms with E-state index in [0.717, 1.165) is 27.3 Å². The number of carbonyl (C=O) groups excluding carboxylic acids is 3. The van der Waals surface area contributed by atoms with Gasteiger partial charge in [-0.05, 0) is 77.0 Å². The van der Waals surface area contributed by atoms with Crippen molar-refractivity contribution in [2.45, 2.75) is 13.5 Å². The second-order valence-corrected chi connectivity index (χ2v) is 10.4. The first kappa shape index (κ1) is 28.2. The SMILES string of the molecule is CCOc1cc(/C=C2/SC(=O)N(CC(=O)Nc3cccc(F)c3)C2=O)cc(Cl)c1OCc1cccc2ccccc12. The molecule has 208 valence electrons. The van der Waals surface area contributed by atoms with Crippen LogP contribution in [0, 0.1) is 5.82 Å². The molecule has 1 fully saturated rings. The zero-order valence-electron chi connectivity index (χ0n) is 21.9. The molecule has 0 spiro atoms. The van der Waals surface area contributed by atoms with Gasteiger partial charge in [0.05, 0.1) is 16.5 Å². The van der Waals surface area contributed by atoms with E-state index in [4.69, 9.17) is 21.1 Å². The zero-order chi connectivity index (χ0) is 28.9. The Labute approximate surface area is 244 Å². The van der Waals surface area contributed by atoms with Crippen LogP contribution in [0.5, 0.6) is 11.5 Å². The van der Waals surface area contributed by atoms with Crippen LogP contribution in [0.15, 0.2) is 83.8 Å². The smallest absolute Gasteiger partial charge is 0.294 e. The molecule has 7 nitrogen and oxygen atoms in total. The van der Waals surface area contributed by atoms with Gasteiger partial charge in [-0.25, -0.2) is 4.39 Å². The molecule has 0 bridgehead atoms. The summed E-state index contributed by atoms with van der Waals surface area (Å²) in [6.07, 6.45) is 1.51. The number of hydrogen-bond acceptors (Lipinski definition) is 6. The van der Waals surface area contributed by atoms with E-state index >= 15 is 0 Å². The molecule has 1 heterocycles. The zero-order valence-corrected chi connectivity index (χ0v) is 23.4. The molecule has 0 aliphatic carbocycles. The Bertz CT molecular complexity index is 1690. The molecule has 4 aromatic rings. The summed E-state index contributed by atoms with van der Waals surface area (Å²) in [7, 11) is 0. The summed E-state index contributed by atoms with van der Waals surface area (Å²) < 4.78 is 25.3. The molecule has 1 N–H and O–H groups in total. The fourth-order valence-corrected chi connectivity index (χ4v) is 5.45. The maximum absolute atomic E-state index is 13.4. The molecule has 0 radical (unpaired) electrons. The Morgan fingerprint density at radius 1 is 1.02 bits per heavy atom. The van der Waals surface area contributed by atoms with Crippen LogP contribution >= 0.6 is 23.4 Å². The number of nitrogens with zero attached hydrogens (tertiary/aromatic N) is 1. The van der Waals surface area contributed by atoms with Crippen molar-refractivity contribution in [2.24, 2.45) is 0 Å². The summed E-state index contributed by atoms with van der Waals surface area (Å²) in [6, 6.07) is 22.6. The van der Waals surface area contributed by atoms with Gasteiger partial charge >= 0.3 is 0 Å². The minimum atomic E-state index is -0.631. The van der Waals surface area contributed by atoms with E-state index < -0.39 is 29.4 Å². The highest BCUT2D eigenvalue weighted by atomic mass is 35.5. The van der Waals surface area contributed by atoms with Crippen LogP contribution in [0.1, 0.15) is 18.1 Å². The minimum Gasteiger partial charge on any atom is -0.490 e. The predicted molar refractivity (Wildman–Crippen MR) is 159 cm³/mol. The van der Waals surface area contributed by atoms with Crippen LogP contribution in [0.25, 0.3) is 16.8 Å². The first-order chi connectivity index (χ1) is 19.8. The van der Waals surface area contributed by atoms with E-state index in [1.54, 1.807) is 12.1 Å². The molecule has 0 unspecified atom stereocenters. The second-order valence-electron chi connectivity index (χ2n) is 9.02. The van der Waals surface area contributed by atoms with Gasteiger partial charge in [-0.2, -0.15) is 0 Å². The van der Waals surface area contributed by atoms with Gasteiger partial charge in [-0.1, -0.05) is 60.1 Å². The van der Waals surface area contributed by atoms with Gasteiger partial charge < -0.3 is 14.8 Å². The average Bonchev–Trinajstić information content (AvgIpc) is 3.20. The molecule has 41 heavy (non-hydrogen) atoms. The standard InChI is InChI=1S/C31H24ClFN2O5S/c1-2-39-26-14-19(13-25(32)29(26)40-18-21-9-5-8-20-7-3-4-12-24(20)21)15-27-30(37)35(31(38)41-27)17-28(36)34-23-11-6-10-22(33)16-23/h3-16H,2,17-18H2,1H3,(H,34,36)/b27-15+. The van der Waals surface area contributed by atoms with Crippen molar-refractivity contribution >= 4 is 63.0 Å². The molecule has 4 aromatic carbocycles. The number of thioether (sulfide) groups is 1. The molecule has 5 rings (SSSR count). The Morgan fingerprint density at radius 2 is 1.80 bits per heavy atom. The van der Waals surface area contributed by atoms with Crippen molar-refractivity contribution in [3.8, 4) is 11.5 Å². The summed E-state index contributed by atoms with van der Waals surface area (Å²) >= 11 is 7.32. The third-order valence-electron chi connectivity index (χ3n) is 6.17. The second kappa shape index (κ2) is 12.4. The number of rotatable bonds is 9. The highest BCUT2D eigenvalue weighted by Crippen LogP contribution is 2.40. The van der Waals surface area contributed by atoms with Crippen molar-refractivity contribution < 1.29 is 28.2 Å². The first-order valence-corrected chi connectivity index (χ1v) is 13.9. The first-order valence-electron chi connectivity index (χ1n) is 12.7. The lowest BCUT2D eigenvalue weighted by Gasteiger charge is -2.15. The van der Waals surface area contributed by atoms with Gasteiger partial charge in [-0.3, -0.25) is 19.3 Å². The lowest BCUT2D eigenvalue weighted by Crippen LogP contribution is -2.36. The van der Waals surface area contributed by atoms with Crippen LogP contribution in [0.4, 0.5) is 14.9 Å². The highest BCUT2D eigenvalue weighted by Gasteiger charge is 2.36. The molecule has 0 aromatic heterocycles. The summed E-state index contributed by atoms with van der Waals surface area (Å²) in [4.78, 5) is 38.9. The molecule has 1 saturated heterocycles.